The van der Waals surface area contributed by atoms with Crippen molar-refractivity contribution in [1.82, 2.24) is 4.90 Å². The number of carbonyl (C=O) groups excluding carboxylic acids is 2. The number of β-lactam (4-membered cyclic amide) rings is 1. The van der Waals surface area contributed by atoms with Crippen LogP contribution in [0.3, 0.4) is 0 Å². The molecule has 3 rings (SSSR count). The molecular formula is C17H14ClN3O7S. The highest BCUT2D eigenvalue weighted by molar-refractivity contribution is 8.00. The Balaban J connectivity index is 1.82. The van der Waals surface area contributed by atoms with E-state index in [2.05, 4.69) is 4.99 Å². The molecule has 0 spiro atoms. The number of alkyl halides is 1. The summed E-state index contributed by atoms with van der Waals surface area (Å²) < 4.78 is 4.87. The number of esters is 1. The molecule has 2 heterocycles. The van der Waals surface area contributed by atoms with Crippen LogP contribution in [0.5, 0.6) is 0 Å². The van der Waals surface area contributed by atoms with Crippen molar-refractivity contribution < 1.29 is 29.2 Å². The van der Waals surface area contributed by atoms with Gasteiger partial charge in [0.25, 0.3) is 11.6 Å². The molecule has 1 aromatic rings. The summed E-state index contributed by atoms with van der Waals surface area (Å²) in [5.74, 6) is -2.41. The van der Waals surface area contributed by atoms with Crippen LogP contribution in [0.4, 0.5) is 5.69 Å². The minimum Gasteiger partial charge on any atom is -0.477 e. The first-order chi connectivity index (χ1) is 13.6. The number of carboxylic acid groups (broad SMARTS) is 1. The Kier molecular flexibility index (Phi) is 5.62. The van der Waals surface area contributed by atoms with Gasteiger partial charge in [0.1, 0.15) is 17.7 Å². The van der Waals surface area contributed by atoms with E-state index >= 15 is 0 Å². The van der Waals surface area contributed by atoms with Crippen LogP contribution in [0.15, 0.2) is 40.5 Å². The molecule has 0 saturated carbocycles. The van der Waals surface area contributed by atoms with Gasteiger partial charge in [-0.3, -0.25) is 29.6 Å². The lowest BCUT2D eigenvalue weighted by Crippen LogP contribution is -2.70. The number of rotatable bonds is 6. The topological polar surface area (TPSA) is 139 Å². The minimum atomic E-state index is -1.69. The molecule has 1 N–H and O–H groups in total. The minimum absolute atomic E-state index is 0.0898. The number of nitrogens with zero attached hydrogens (tertiary/aromatic N) is 3. The van der Waals surface area contributed by atoms with E-state index in [1.165, 1.54) is 49.2 Å². The van der Waals surface area contributed by atoms with Gasteiger partial charge in [0, 0.05) is 36.6 Å². The SMILES string of the molecule is CC(=O)OCC1=C(C(=O)O)N2C(=O)C(Cl)(N=Cc3ccc([N+](=O)[O-])cc3)[C@H]2SC1. The second kappa shape index (κ2) is 7.84. The van der Waals surface area contributed by atoms with Crippen LogP contribution < -0.4 is 0 Å². The maximum Gasteiger partial charge on any atom is 0.352 e. The number of fused-ring (bicyclic) bond motifs is 1. The van der Waals surface area contributed by atoms with Crippen molar-refractivity contribution in [2.45, 2.75) is 17.3 Å². The molecule has 152 valence electrons. The van der Waals surface area contributed by atoms with E-state index in [0.717, 1.165) is 4.90 Å². The number of halogens is 1. The first-order valence-corrected chi connectivity index (χ1v) is 9.60. The lowest BCUT2D eigenvalue weighted by atomic mass is 10.0. The van der Waals surface area contributed by atoms with E-state index in [4.69, 9.17) is 16.3 Å². The zero-order valence-corrected chi connectivity index (χ0v) is 16.5. The van der Waals surface area contributed by atoms with E-state index < -0.39 is 33.1 Å². The van der Waals surface area contributed by atoms with Crippen LogP contribution in [0.1, 0.15) is 12.5 Å². The summed E-state index contributed by atoms with van der Waals surface area (Å²) in [6.45, 7) is 0.965. The molecule has 0 aromatic heterocycles. The zero-order chi connectivity index (χ0) is 21.3. The molecule has 10 nitrogen and oxygen atoms in total. The van der Waals surface area contributed by atoms with Crippen LogP contribution >= 0.6 is 23.4 Å². The summed E-state index contributed by atoms with van der Waals surface area (Å²) in [6.07, 6.45) is 1.31. The molecule has 2 aliphatic rings. The van der Waals surface area contributed by atoms with Gasteiger partial charge in [0.05, 0.1) is 4.92 Å². The average molecular weight is 440 g/mol. The standard InChI is InChI=1S/C17H14ClN3O7S/c1-9(22)28-7-11-8-29-16-17(18,15(25)20(16)13(11)14(23)24)19-6-10-2-4-12(5-3-10)21(26)27/h2-6,16H,7-8H2,1H3,(H,23,24)/t16-,17?/m1/s1. The summed E-state index contributed by atoms with van der Waals surface area (Å²) in [7, 11) is 0. The van der Waals surface area contributed by atoms with Gasteiger partial charge < -0.3 is 9.84 Å². The predicted octanol–water partition coefficient (Wildman–Crippen LogP) is 1.77. The Morgan fingerprint density at radius 3 is 2.69 bits per heavy atom. The quantitative estimate of drug-likeness (QED) is 0.134. The van der Waals surface area contributed by atoms with Crippen molar-refractivity contribution in [3.05, 3.63) is 51.2 Å². The lowest BCUT2D eigenvalue weighted by molar-refractivity contribution is -0.384. The molecule has 1 unspecified atom stereocenters. The summed E-state index contributed by atoms with van der Waals surface area (Å²) in [6, 6.07) is 5.49. The highest BCUT2D eigenvalue weighted by atomic mass is 35.5. The molecule has 1 saturated heterocycles. The van der Waals surface area contributed by atoms with Crippen LogP contribution in [0.25, 0.3) is 0 Å². The summed E-state index contributed by atoms with van der Waals surface area (Å²) in [5, 5.41) is 19.5. The van der Waals surface area contributed by atoms with Crippen LogP contribution in [-0.2, 0) is 19.1 Å². The van der Waals surface area contributed by atoms with Gasteiger partial charge in [-0.05, 0) is 17.7 Å². The van der Waals surface area contributed by atoms with E-state index in [-0.39, 0.29) is 23.7 Å². The molecule has 12 heteroatoms. The third-order valence-electron chi connectivity index (χ3n) is 4.23. The lowest BCUT2D eigenvalue weighted by Gasteiger charge is -2.52. The number of nitro benzene ring substituents is 1. The predicted molar refractivity (Wildman–Crippen MR) is 104 cm³/mol. The Morgan fingerprint density at radius 1 is 1.48 bits per heavy atom. The maximum absolute atomic E-state index is 12.7. The highest BCUT2D eigenvalue weighted by Gasteiger charge is 2.64. The first-order valence-electron chi connectivity index (χ1n) is 8.17. The fourth-order valence-corrected chi connectivity index (χ4v) is 4.57. The molecule has 2 aliphatic heterocycles. The van der Waals surface area contributed by atoms with Crippen molar-refractivity contribution >= 4 is 53.1 Å². The number of carbonyl (C=O) groups is 3. The monoisotopic (exact) mass is 439 g/mol. The fourth-order valence-electron chi connectivity index (χ4n) is 2.83. The van der Waals surface area contributed by atoms with Crippen LogP contribution in [0, 0.1) is 10.1 Å². The molecule has 1 amide bonds. The number of aliphatic imine (C=N–C) groups is 1. The largest absolute Gasteiger partial charge is 0.477 e. The van der Waals surface area contributed by atoms with Crippen molar-refractivity contribution in [3.8, 4) is 0 Å². The second-order valence-corrected chi connectivity index (χ2v) is 7.80. The number of aliphatic carboxylic acids is 1. The molecule has 1 fully saturated rings. The third-order valence-corrected chi connectivity index (χ3v) is 6.21. The zero-order valence-electron chi connectivity index (χ0n) is 14.9. The Bertz CT molecular complexity index is 962. The van der Waals surface area contributed by atoms with Gasteiger partial charge in [0.15, 0.2) is 0 Å². The number of hydrogen-bond donors (Lipinski definition) is 1. The number of carboxylic acids is 1. The van der Waals surface area contributed by atoms with E-state index in [0.29, 0.717) is 11.1 Å². The van der Waals surface area contributed by atoms with Gasteiger partial charge in [-0.25, -0.2) is 4.79 Å². The summed E-state index contributed by atoms with van der Waals surface area (Å²) >= 11 is 7.59. The van der Waals surface area contributed by atoms with Crippen molar-refractivity contribution in [1.29, 1.82) is 0 Å². The number of benzene rings is 1. The van der Waals surface area contributed by atoms with Gasteiger partial charge >= 0.3 is 11.9 Å². The van der Waals surface area contributed by atoms with E-state index in [1.807, 2.05) is 0 Å². The maximum atomic E-state index is 12.7. The van der Waals surface area contributed by atoms with Crippen LogP contribution in [0.2, 0.25) is 0 Å². The third kappa shape index (κ3) is 3.83. The van der Waals surface area contributed by atoms with Crippen LogP contribution in [-0.4, -0.2) is 61.7 Å². The molecule has 1 aromatic carbocycles. The number of ether oxygens (including phenoxy) is 1. The number of amides is 1. The fraction of sp³-hybridized carbons (Fsp3) is 0.294. The van der Waals surface area contributed by atoms with Crippen molar-refractivity contribution in [2.24, 2.45) is 4.99 Å². The molecular weight excluding hydrogens is 426 g/mol. The molecule has 0 radical (unpaired) electrons. The van der Waals surface area contributed by atoms with E-state index in [9.17, 15) is 29.6 Å². The number of thioether (sulfide) groups is 1. The average Bonchev–Trinajstić information content (AvgIpc) is 2.69. The summed E-state index contributed by atoms with van der Waals surface area (Å²) in [5.41, 5.74) is 0.433. The van der Waals surface area contributed by atoms with Gasteiger partial charge in [-0.2, -0.15) is 0 Å². The van der Waals surface area contributed by atoms with Gasteiger partial charge in [0.2, 0.25) is 5.00 Å². The van der Waals surface area contributed by atoms with E-state index in [1.54, 1.807) is 0 Å². The molecule has 2 atom stereocenters. The highest BCUT2D eigenvalue weighted by Crippen LogP contribution is 2.50. The van der Waals surface area contributed by atoms with Crippen molar-refractivity contribution in [2.75, 3.05) is 12.4 Å². The Hall–Kier alpha value is -2.92. The molecule has 0 bridgehead atoms. The summed E-state index contributed by atoms with van der Waals surface area (Å²) in [4.78, 5) is 49.0. The smallest absolute Gasteiger partial charge is 0.352 e. The van der Waals surface area contributed by atoms with Gasteiger partial charge in [-0.15, -0.1) is 11.8 Å². The van der Waals surface area contributed by atoms with Crippen molar-refractivity contribution in [3.63, 3.8) is 0 Å². The molecule has 0 aliphatic carbocycles. The first kappa shape index (κ1) is 20.8. The normalized spacial score (nSPS) is 23.6. The Labute approximate surface area is 173 Å². The molecule has 29 heavy (non-hydrogen) atoms. The number of non-ortho nitro benzene ring substituents is 1. The number of nitro groups is 1. The van der Waals surface area contributed by atoms with Gasteiger partial charge in [-0.1, -0.05) is 11.6 Å². The second-order valence-electron chi connectivity index (χ2n) is 6.16. The number of hydrogen-bond acceptors (Lipinski definition) is 8. The Morgan fingerprint density at radius 2 is 2.14 bits per heavy atom.